The fourth-order valence-corrected chi connectivity index (χ4v) is 5.74. The predicted octanol–water partition coefficient (Wildman–Crippen LogP) is 11.5. The number of hydrogen-bond acceptors (Lipinski definition) is 4. The van der Waals surface area contributed by atoms with Crippen molar-refractivity contribution >= 4 is 5.97 Å². The average Bonchev–Trinajstić information content (AvgIpc) is 3.01. The Hall–Kier alpha value is -1.39. The van der Waals surface area contributed by atoms with Gasteiger partial charge >= 0.3 is 5.97 Å². The van der Waals surface area contributed by atoms with Gasteiger partial charge in [0.2, 0.25) is 0 Å². The summed E-state index contributed by atoms with van der Waals surface area (Å²) in [4.78, 5) is 15.2. The van der Waals surface area contributed by atoms with Crippen molar-refractivity contribution in [3.8, 4) is 0 Å². The normalized spacial score (nSPS) is 13.0. The molecule has 0 aromatic carbocycles. The topological polar surface area (TPSA) is 49.8 Å². The molecule has 258 valence electrons. The number of esters is 1. The van der Waals surface area contributed by atoms with Gasteiger partial charge in [0.05, 0.1) is 6.61 Å². The van der Waals surface area contributed by atoms with Gasteiger partial charge in [-0.3, -0.25) is 4.79 Å². The van der Waals surface area contributed by atoms with E-state index in [-0.39, 0.29) is 18.7 Å². The fraction of sp³-hybridized carbons (Fsp3) is 0.825. The molecule has 0 heterocycles. The highest BCUT2D eigenvalue weighted by Gasteiger charge is 2.24. The van der Waals surface area contributed by atoms with Crippen molar-refractivity contribution in [1.29, 1.82) is 0 Å². The molecule has 0 saturated heterocycles. The van der Waals surface area contributed by atoms with Crippen LogP contribution >= 0.6 is 0 Å². The standard InChI is InChI=1S/C40H75NO3/c1-5-8-11-14-17-20-23-26-31-38(32-27-24-21-18-15-12-9-6-2)39(33-28-25-22-19-16-13-10-7-3)44-40(43)34-29-30-35-41(4)36-37-42/h17-22,38-39,42H,5-16,23-37H2,1-4H3/b20-17-,21-18-,22-19-. The summed E-state index contributed by atoms with van der Waals surface area (Å²) in [6, 6.07) is 0. The number of aliphatic hydroxyl groups excluding tert-OH is 1. The van der Waals surface area contributed by atoms with Gasteiger partial charge in [0.25, 0.3) is 0 Å². The molecule has 0 aromatic rings. The summed E-state index contributed by atoms with van der Waals surface area (Å²) in [7, 11) is 2.02. The Labute approximate surface area is 275 Å². The molecule has 0 fully saturated rings. The quantitative estimate of drug-likeness (QED) is 0.0452. The second-order valence-electron chi connectivity index (χ2n) is 13.0. The SMILES string of the molecule is CCCCC/C=C\CCCC(CCC/C=C\CCCCC)C(CCC/C=C\CCCCC)OC(=O)CCCCN(C)CCO. The van der Waals surface area contributed by atoms with E-state index < -0.39 is 0 Å². The third-order valence-corrected chi connectivity index (χ3v) is 8.63. The minimum Gasteiger partial charge on any atom is -0.462 e. The van der Waals surface area contributed by atoms with Gasteiger partial charge in [-0.05, 0) is 129 Å². The van der Waals surface area contributed by atoms with Crippen molar-refractivity contribution in [1.82, 2.24) is 4.90 Å². The summed E-state index contributed by atoms with van der Waals surface area (Å²) in [5.74, 6) is 0.414. The third kappa shape index (κ3) is 29.3. The molecule has 4 heteroatoms. The minimum atomic E-state index is -0.0217. The summed E-state index contributed by atoms with van der Waals surface area (Å²) in [6.07, 6.45) is 41.7. The van der Waals surface area contributed by atoms with Crippen molar-refractivity contribution < 1.29 is 14.6 Å². The predicted molar refractivity (Wildman–Crippen MR) is 193 cm³/mol. The molecule has 0 aliphatic carbocycles. The number of hydrogen-bond donors (Lipinski definition) is 1. The lowest BCUT2D eigenvalue weighted by molar-refractivity contribution is -0.153. The average molecular weight is 618 g/mol. The molecule has 4 nitrogen and oxygen atoms in total. The van der Waals surface area contributed by atoms with Crippen LogP contribution in [0, 0.1) is 5.92 Å². The van der Waals surface area contributed by atoms with Crippen LogP contribution in [-0.2, 0) is 9.53 Å². The van der Waals surface area contributed by atoms with Crippen molar-refractivity contribution in [2.45, 2.75) is 181 Å². The Morgan fingerprint density at radius 1 is 0.591 bits per heavy atom. The number of carbonyl (C=O) groups excluding carboxylic acids is 1. The number of aliphatic hydroxyl groups is 1. The number of unbranched alkanes of at least 4 members (excludes halogenated alkanes) is 13. The van der Waals surface area contributed by atoms with E-state index in [1.807, 2.05) is 7.05 Å². The molecule has 0 aromatic heterocycles. The zero-order valence-corrected chi connectivity index (χ0v) is 29.9. The number of likely N-dealkylation sites (N-methyl/N-ethyl adjacent to an activating group) is 1. The maximum atomic E-state index is 13.1. The van der Waals surface area contributed by atoms with Gasteiger partial charge in [0.1, 0.15) is 6.10 Å². The molecule has 0 spiro atoms. The Morgan fingerprint density at radius 2 is 1.02 bits per heavy atom. The Morgan fingerprint density at radius 3 is 1.45 bits per heavy atom. The van der Waals surface area contributed by atoms with Crippen LogP contribution in [0.25, 0.3) is 0 Å². The highest BCUT2D eigenvalue weighted by Crippen LogP contribution is 2.27. The first-order valence-electron chi connectivity index (χ1n) is 19.0. The molecule has 0 aliphatic rings. The van der Waals surface area contributed by atoms with Gasteiger partial charge in [-0.25, -0.2) is 0 Å². The van der Waals surface area contributed by atoms with Crippen molar-refractivity contribution in [3.63, 3.8) is 0 Å². The molecular formula is C40H75NO3. The number of carbonyl (C=O) groups is 1. The number of allylic oxidation sites excluding steroid dienone is 6. The van der Waals surface area contributed by atoms with Crippen molar-refractivity contribution in [2.24, 2.45) is 5.92 Å². The number of ether oxygens (including phenoxy) is 1. The molecule has 0 rings (SSSR count). The first kappa shape index (κ1) is 42.6. The van der Waals surface area contributed by atoms with E-state index in [1.54, 1.807) is 0 Å². The first-order valence-corrected chi connectivity index (χ1v) is 19.0. The lowest BCUT2D eigenvalue weighted by Crippen LogP contribution is -2.28. The first-order chi connectivity index (χ1) is 21.6. The molecule has 0 aliphatic heterocycles. The fourth-order valence-electron chi connectivity index (χ4n) is 5.74. The summed E-state index contributed by atoms with van der Waals surface area (Å²) >= 11 is 0. The van der Waals surface area contributed by atoms with Gasteiger partial charge in [0, 0.05) is 13.0 Å². The maximum Gasteiger partial charge on any atom is 0.306 e. The monoisotopic (exact) mass is 618 g/mol. The van der Waals surface area contributed by atoms with E-state index in [4.69, 9.17) is 9.84 Å². The second kappa shape index (κ2) is 34.5. The molecule has 1 atom stereocenters. The number of rotatable bonds is 33. The number of nitrogens with zero attached hydrogens (tertiary/aromatic N) is 1. The van der Waals surface area contributed by atoms with Crippen LogP contribution < -0.4 is 0 Å². The zero-order chi connectivity index (χ0) is 32.4. The van der Waals surface area contributed by atoms with E-state index in [9.17, 15) is 4.79 Å². The van der Waals surface area contributed by atoms with E-state index in [0.29, 0.717) is 18.9 Å². The smallest absolute Gasteiger partial charge is 0.306 e. The molecule has 1 N–H and O–H groups in total. The Balaban J connectivity index is 5.17. The van der Waals surface area contributed by atoms with E-state index in [2.05, 4.69) is 62.1 Å². The zero-order valence-electron chi connectivity index (χ0n) is 29.9. The molecule has 0 saturated carbocycles. The third-order valence-electron chi connectivity index (χ3n) is 8.63. The van der Waals surface area contributed by atoms with E-state index in [1.165, 1.54) is 89.9 Å². The highest BCUT2D eigenvalue weighted by molar-refractivity contribution is 5.69. The van der Waals surface area contributed by atoms with E-state index in [0.717, 1.165) is 64.3 Å². The molecule has 0 bridgehead atoms. The maximum absolute atomic E-state index is 13.1. The minimum absolute atomic E-state index is 0.0217. The van der Waals surface area contributed by atoms with Crippen LogP contribution in [0.15, 0.2) is 36.5 Å². The van der Waals surface area contributed by atoms with Gasteiger partial charge in [-0.1, -0.05) is 95.8 Å². The van der Waals surface area contributed by atoms with Crippen LogP contribution in [-0.4, -0.2) is 48.8 Å². The van der Waals surface area contributed by atoms with Crippen LogP contribution in [0.2, 0.25) is 0 Å². The van der Waals surface area contributed by atoms with Crippen molar-refractivity contribution in [2.75, 3.05) is 26.7 Å². The van der Waals surface area contributed by atoms with E-state index >= 15 is 0 Å². The van der Waals surface area contributed by atoms with Gasteiger partial charge in [0.15, 0.2) is 0 Å². The Bertz CT molecular complexity index is 660. The molecular weight excluding hydrogens is 542 g/mol. The molecule has 0 radical (unpaired) electrons. The molecule has 44 heavy (non-hydrogen) atoms. The van der Waals surface area contributed by atoms with Crippen LogP contribution in [0.1, 0.15) is 175 Å². The van der Waals surface area contributed by atoms with Gasteiger partial charge < -0.3 is 14.7 Å². The van der Waals surface area contributed by atoms with Crippen LogP contribution in [0.3, 0.4) is 0 Å². The molecule has 0 amide bonds. The van der Waals surface area contributed by atoms with Crippen LogP contribution in [0.4, 0.5) is 0 Å². The summed E-state index contributed by atoms with van der Waals surface area (Å²) in [5, 5.41) is 9.13. The van der Waals surface area contributed by atoms with Crippen molar-refractivity contribution in [3.05, 3.63) is 36.5 Å². The van der Waals surface area contributed by atoms with Gasteiger partial charge in [-0.15, -0.1) is 0 Å². The largest absolute Gasteiger partial charge is 0.462 e. The summed E-state index contributed by atoms with van der Waals surface area (Å²) in [5.41, 5.74) is 0. The second-order valence-corrected chi connectivity index (χ2v) is 13.0. The van der Waals surface area contributed by atoms with Gasteiger partial charge in [-0.2, -0.15) is 0 Å². The Kier molecular flexibility index (Phi) is 33.4. The summed E-state index contributed by atoms with van der Waals surface area (Å²) in [6.45, 7) is 8.55. The molecule has 1 unspecified atom stereocenters. The highest BCUT2D eigenvalue weighted by atomic mass is 16.5. The summed E-state index contributed by atoms with van der Waals surface area (Å²) < 4.78 is 6.32. The lowest BCUT2D eigenvalue weighted by Gasteiger charge is -2.27. The van der Waals surface area contributed by atoms with Crippen LogP contribution in [0.5, 0.6) is 0 Å². The lowest BCUT2D eigenvalue weighted by atomic mass is 9.87.